The van der Waals surface area contributed by atoms with Gasteiger partial charge in [0, 0.05) is 5.57 Å². The van der Waals surface area contributed by atoms with E-state index in [-0.39, 0.29) is 16.8 Å². The van der Waals surface area contributed by atoms with Crippen molar-refractivity contribution in [3.05, 3.63) is 40.4 Å². The van der Waals surface area contributed by atoms with Crippen molar-refractivity contribution in [3.8, 4) is 0 Å². The van der Waals surface area contributed by atoms with Gasteiger partial charge in [0.15, 0.2) is 0 Å². The molecule has 1 atom stereocenters. The van der Waals surface area contributed by atoms with E-state index in [0.717, 1.165) is 12.1 Å². The summed E-state index contributed by atoms with van der Waals surface area (Å²) in [6.45, 7) is 0. The number of aromatic nitrogens is 1. The Balaban J connectivity index is 2.29. The van der Waals surface area contributed by atoms with Crippen LogP contribution in [0.25, 0.3) is 5.57 Å². The Hall–Kier alpha value is -3.69. The van der Waals surface area contributed by atoms with Gasteiger partial charge in [0.1, 0.15) is 11.7 Å². The lowest BCUT2D eigenvalue weighted by Crippen LogP contribution is -2.44. The molecular formula is C14H8N2O8. The lowest BCUT2D eigenvalue weighted by atomic mass is 9.84. The summed E-state index contributed by atoms with van der Waals surface area (Å²) >= 11 is 0. The molecular weight excluding hydrogens is 324 g/mol. The summed E-state index contributed by atoms with van der Waals surface area (Å²) in [5.74, 6) is -6.55. The average Bonchev–Trinajstić information content (AvgIpc) is 2.96. The minimum atomic E-state index is -1.52. The molecule has 1 aliphatic carbocycles. The largest absolute Gasteiger partial charge is 0.479 e. The molecule has 1 aromatic rings. The molecule has 0 saturated heterocycles. The standard InChI is InChI=1S/C14H8N2O8/c17-10-4-2-6(14(23)24)15-8(4)7-3(12(19)20)1-5(13(21)22)16-9(7)11(10)18/h1-2,5,15-16H,(H,19,20)(H,21,22)(H,23,24). The third-order valence-electron chi connectivity index (χ3n) is 3.62. The molecule has 0 amide bonds. The number of carboxylic acid groups (broad SMARTS) is 3. The maximum atomic E-state index is 12.2. The van der Waals surface area contributed by atoms with Gasteiger partial charge < -0.3 is 25.6 Å². The number of carbonyl (C=O) groups is 5. The molecule has 1 aliphatic heterocycles. The lowest BCUT2D eigenvalue weighted by molar-refractivity contribution is -0.138. The number of allylic oxidation sites excluding steroid dienone is 1. The van der Waals surface area contributed by atoms with Gasteiger partial charge in [0.2, 0.25) is 11.6 Å². The third kappa shape index (κ3) is 2.00. The van der Waals surface area contributed by atoms with E-state index >= 15 is 0 Å². The second-order valence-electron chi connectivity index (χ2n) is 5.03. The number of carbonyl (C=O) groups excluding carboxylic acids is 2. The summed E-state index contributed by atoms with van der Waals surface area (Å²) in [6, 6.07) is -0.577. The molecule has 122 valence electrons. The number of fused-ring (bicyclic) bond motifs is 2. The highest BCUT2D eigenvalue weighted by atomic mass is 16.4. The maximum absolute atomic E-state index is 12.2. The minimum absolute atomic E-state index is 0.156. The SMILES string of the molecule is O=C(O)C1=CC(C(=O)O)NC2=C1c1[nH]c(C(=O)O)cc1C(=O)C2=O. The van der Waals surface area contributed by atoms with Gasteiger partial charge in [-0.2, -0.15) is 0 Å². The number of hydrogen-bond acceptors (Lipinski definition) is 6. The number of carboxylic acids is 3. The molecule has 0 saturated carbocycles. The van der Waals surface area contributed by atoms with E-state index in [1.165, 1.54) is 0 Å². The smallest absolute Gasteiger partial charge is 0.352 e. The molecule has 3 rings (SSSR count). The number of aliphatic carboxylic acids is 2. The van der Waals surface area contributed by atoms with Crippen molar-refractivity contribution in [2.45, 2.75) is 6.04 Å². The van der Waals surface area contributed by atoms with Crippen LogP contribution in [0, 0.1) is 0 Å². The number of nitrogens with one attached hydrogen (secondary N) is 2. The first-order valence-corrected chi connectivity index (χ1v) is 6.47. The Bertz CT molecular complexity index is 917. The molecule has 0 radical (unpaired) electrons. The summed E-state index contributed by atoms with van der Waals surface area (Å²) in [4.78, 5) is 60.3. The fourth-order valence-corrected chi connectivity index (χ4v) is 2.59. The van der Waals surface area contributed by atoms with Crippen molar-refractivity contribution < 1.29 is 39.3 Å². The van der Waals surface area contributed by atoms with E-state index in [4.69, 9.17) is 10.2 Å². The summed E-state index contributed by atoms with van der Waals surface area (Å²) < 4.78 is 0. The van der Waals surface area contributed by atoms with Gasteiger partial charge in [-0.05, 0) is 12.1 Å². The molecule has 5 N–H and O–H groups in total. The van der Waals surface area contributed by atoms with Crippen molar-refractivity contribution in [2.75, 3.05) is 0 Å². The van der Waals surface area contributed by atoms with Gasteiger partial charge in [0.25, 0.3) is 0 Å². The quantitative estimate of drug-likeness (QED) is 0.446. The van der Waals surface area contributed by atoms with Crippen LogP contribution in [0.15, 0.2) is 23.4 Å². The summed E-state index contributed by atoms with van der Waals surface area (Å²) in [6.07, 6.45) is 0.873. The normalized spacial score (nSPS) is 19.2. The van der Waals surface area contributed by atoms with Crippen LogP contribution in [0.3, 0.4) is 0 Å². The van der Waals surface area contributed by atoms with Crippen molar-refractivity contribution in [1.29, 1.82) is 0 Å². The molecule has 1 aromatic heterocycles. The Labute approximate surface area is 132 Å². The van der Waals surface area contributed by atoms with Gasteiger partial charge in [-0.3, -0.25) is 9.59 Å². The third-order valence-corrected chi connectivity index (χ3v) is 3.62. The molecule has 0 fully saturated rings. The molecule has 10 nitrogen and oxygen atoms in total. The fraction of sp³-hybridized carbons (Fsp3) is 0.0714. The number of hydrogen-bond donors (Lipinski definition) is 5. The number of dihydropyridines is 1. The summed E-state index contributed by atoms with van der Waals surface area (Å²) in [5, 5.41) is 29.7. The van der Waals surface area contributed by atoms with Crippen LogP contribution >= 0.6 is 0 Å². The van der Waals surface area contributed by atoms with Gasteiger partial charge in [-0.15, -0.1) is 0 Å². The number of ketones is 2. The van der Waals surface area contributed by atoms with E-state index < -0.39 is 52.5 Å². The van der Waals surface area contributed by atoms with Crippen molar-refractivity contribution in [1.82, 2.24) is 10.3 Å². The first-order valence-electron chi connectivity index (χ1n) is 6.47. The Kier molecular flexibility index (Phi) is 3.11. The highest BCUT2D eigenvalue weighted by molar-refractivity contribution is 6.53. The Morgan fingerprint density at radius 2 is 1.67 bits per heavy atom. The van der Waals surface area contributed by atoms with Gasteiger partial charge >= 0.3 is 17.9 Å². The van der Waals surface area contributed by atoms with E-state index in [1.54, 1.807) is 0 Å². The predicted molar refractivity (Wildman–Crippen MR) is 74.3 cm³/mol. The van der Waals surface area contributed by atoms with Crippen LogP contribution in [0.5, 0.6) is 0 Å². The fourth-order valence-electron chi connectivity index (χ4n) is 2.59. The average molecular weight is 332 g/mol. The highest BCUT2D eigenvalue weighted by Crippen LogP contribution is 2.36. The van der Waals surface area contributed by atoms with Gasteiger partial charge in [-0.1, -0.05) is 0 Å². The first kappa shape index (κ1) is 15.2. The molecule has 24 heavy (non-hydrogen) atoms. The van der Waals surface area contributed by atoms with Crippen LogP contribution in [0.2, 0.25) is 0 Å². The predicted octanol–water partition coefficient (Wildman–Crippen LogP) is -0.743. The van der Waals surface area contributed by atoms with Crippen molar-refractivity contribution in [2.24, 2.45) is 0 Å². The minimum Gasteiger partial charge on any atom is -0.479 e. The molecule has 1 unspecified atom stereocenters. The Morgan fingerprint density at radius 1 is 1.00 bits per heavy atom. The van der Waals surface area contributed by atoms with Crippen LogP contribution < -0.4 is 5.32 Å². The summed E-state index contributed by atoms with van der Waals surface area (Å²) in [7, 11) is 0. The van der Waals surface area contributed by atoms with E-state index in [2.05, 4.69) is 10.3 Å². The van der Waals surface area contributed by atoms with Crippen LogP contribution in [0.4, 0.5) is 0 Å². The number of H-pyrrole nitrogens is 1. The Morgan fingerprint density at radius 3 is 2.21 bits per heavy atom. The van der Waals surface area contributed by atoms with Crippen LogP contribution in [-0.4, -0.2) is 55.8 Å². The number of aromatic amines is 1. The van der Waals surface area contributed by atoms with E-state index in [1.807, 2.05) is 0 Å². The molecule has 2 heterocycles. The van der Waals surface area contributed by atoms with Crippen molar-refractivity contribution in [3.63, 3.8) is 0 Å². The van der Waals surface area contributed by atoms with Gasteiger partial charge in [0.05, 0.1) is 22.5 Å². The topological polar surface area (TPSA) is 174 Å². The zero-order valence-corrected chi connectivity index (χ0v) is 11.6. The van der Waals surface area contributed by atoms with E-state index in [9.17, 15) is 29.1 Å². The monoisotopic (exact) mass is 332 g/mol. The maximum Gasteiger partial charge on any atom is 0.352 e. The number of rotatable bonds is 3. The van der Waals surface area contributed by atoms with Crippen LogP contribution in [0.1, 0.15) is 26.5 Å². The summed E-state index contributed by atoms with van der Waals surface area (Å²) in [5.41, 5.74) is -2.08. The zero-order valence-electron chi connectivity index (χ0n) is 11.6. The van der Waals surface area contributed by atoms with Crippen molar-refractivity contribution >= 4 is 35.0 Å². The second-order valence-corrected chi connectivity index (χ2v) is 5.03. The number of Topliss-reactive ketones (excluding diaryl/α,β-unsaturated/α-hetero) is 2. The molecule has 10 heteroatoms. The molecule has 0 aromatic carbocycles. The molecule has 0 bridgehead atoms. The molecule has 0 spiro atoms. The highest BCUT2D eigenvalue weighted by Gasteiger charge is 2.42. The lowest BCUT2D eigenvalue weighted by Gasteiger charge is -2.27. The number of aromatic carboxylic acids is 1. The van der Waals surface area contributed by atoms with E-state index in [0.29, 0.717) is 0 Å². The molecule has 2 aliphatic rings. The van der Waals surface area contributed by atoms with Crippen LogP contribution in [-0.2, 0) is 14.4 Å². The first-order chi connectivity index (χ1) is 11.2. The second kappa shape index (κ2) is 4.91. The van der Waals surface area contributed by atoms with Gasteiger partial charge in [-0.25, -0.2) is 14.4 Å². The zero-order chi connectivity index (χ0) is 17.8.